The van der Waals surface area contributed by atoms with Gasteiger partial charge in [0.05, 0.1) is 27.4 Å². The van der Waals surface area contributed by atoms with Crippen molar-refractivity contribution in [2.24, 2.45) is 4.99 Å². The standard InChI is InChI=1S/C20H20Cl2N2O2S/c1-4-26-8-7-24-17-10-12(2)9-13(3)18(17)27-20(24)23-19(25)15-11-14(21)5-6-16(15)22/h5-6,9-11H,4,7-8H2,1-3H3. The molecule has 0 N–H and O–H groups in total. The molecule has 7 heteroatoms. The highest BCUT2D eigenvalue weighted by atomic mass is 35.5. The van der Waals surface area contributed by atoms with Crippen LogP contribution in [0.4, 0.5) is 0 Å². The molecule has 0 spiro atoms. The maximum Gasteiger partial charge on any atom is 0.281 e. The minimum Gasteiger partial charge on any atom is -0.380 e. The lowest BCUT2D eigenvalue weighted by molar-refractivity contribution is 0.0997. The molecule has 0 saturated carbocycles. The van der Waals surface area contributed by atoms with E-state index < -0.39 is 5.91 Å². The molecule has 1 aromatic heterocycles. The van der Waals surface area contributed by atoms with E-state index in [4.69, 9.17) is 27.9 Å². The van der Waals surface area contributed by atoms with Crippen molar-refractivity contribution in [3.63, 3.8) is 0 Å². The molecule has 0 aliphatic heterocycles. The van der Waals surface area contributed by atoms with Crippen LogP contribution in [0.5, 0.6) is 0 Å². The highest BCUT2D eigenvalue weighted by molar-refractivity contribution is 7.16. The van der Waals surface area contributed by atoms with Crippen LogP contribution in [0.2, 0.25) is 10.0 Å². The van der Waals surface area contributed by atoms with Gasteiger partial charge in [-0.05, 0) is 56.2 Å². The van der Waals surface area contributed by atoms with Crippen molar-refractivity contribution < 1.29 is 9.53 Å². The summed E-state index contributed by atoms with van der Waals surface area (Å²) in [5.41, 5.74) is 3.68. The Morgan fingerprint density at radius 1 is 1.22 bits per heavy atom. The van der Waals surface area contributed by atoms with E-state index in [1.165, 1.54) is 16.9 Å². The second kappa shape index (κ2) is 8.57. The smallest absolute Gasteiger partial charge is 0.281 e. The SMILES string of the molecule is CCOCCn1c(=NC(=O)c2cc(Cl)ccc2Cl)sc2c(C)cc(C)cc21. The van der Waals surface area contributed by atoms with E-state index in [1.54, 1.807) is 18.2 Å². The zero-order valence-electron chi connectivity index (χ0n) is 15.4. The minimum atomic E-state index is -0.409. The number of aryl methyl sites for hydroxylation is 2. The van der Waals surface area contributed by atoms with Gasteiger partial charge in [0, 0.05) is 18.2 Å². The number of aromatic nitrogens is 1. The van der Waals surface area contributed by atoms with E-state index in [-0.39, 0.29) is 0 Å². The number of carbonyl (C=O) groups excluding carboxylic acids is 1. The summed E-state index contributed by atoms with van der Waals surface area (Å²) >= 11 is 13.7. The van der Waals surface area contributed by atoms with Gasteiger partial charge in [-0.25, -0.2) is 0 Å². The molecule has 3 rings (SSSR count). The average Bonchev–Trinajstić information content (AvgIpc) is 2.95. The largest absolute Gasteiger partial charge is 0.380 e. The van der Waals surface area contributed by atoms with Crippen LogP contribution >= 0.6 is 34.5 Å². The Bertz CT molecular complexity index is 1070. The average molecular weight is 423 g/mol. The summed E-state index contributed by atoms with van der Waals surface area (Å²) in [5, 5.41) is 0.784. The second-order valence-corrected chi connectivity index (χ2v) is 8.03. The van der Waals surface area contributed by atoms with Crippen molar-refractivity contribution >= 4 is 50.7 Å². The van der Waals surface area contributed by atoms with Gasteiger partial charge in [0.1, 0.15) is 0 Å². The lowest BCUT2D eigenvalue weighted by atomic mass is 10.1. The Kier molecular flexibility index (Phi) is 6.37. The van der Waals surface area contributed by atoms with Crippen LogP contribution in [0, 0.1) is 13.8 Å². The zero-order valence-corrected chi connectivity index (χ0v) is 17.7. The maximum absolute atomic E-state index is 12.8. The topological polar surface area (TPSA) is 43.6 Å². The Hall–Kier alpha value is -1.66. The molecular weight excluding hydrogens is 403 g/mol. The van der Waals surface area contributed by atoms with Crippen LogP contribution in [-0.2, 0) is 11.3 Å². The molecular formula is C20H20Cl2N2O2S. The highest BCUT2D eigenvalue weighted by Gasteiger charge is 2.14. The Labute approximate surface area is 172 Å². The summed E-state index contributed by atoms with van der Waals surface area (Å²) in [6.07, 6.45) is 0. The van der Waals surface area contributed by atoms with Crippen LogP contribution in [0.25, 0.3) is 10.2 Å². The van der Waals surface area contributed by atoms with Gasteiger partial charge in [0.15, 0.2) is 4.80 Å². The number of ether oxygens (including phenoxy) is 1. The minimum absolute atomic E-state index is 0.297. The van der Waals surface area contributed by atoms with Crippen LogP contribution in [0.1, 0.15) is 28.4 Å². The molecule has 142 valence electrons. The fourth-order valence-electron chi connectivity index (χ4n) is 2.92. The first kappa shape index (κ1) is 20.1. The molecule has 0 fully saturated rings. The van der Waals surface area contributed by atoms with Gasteiger partial charge in [-0.15, -0.1) is 0 Å². The number of nitrogens with zero attached hydrogens (tertiary/aromatic N) is 2. The van der Waals surface area contributed by atoms with Crippen molar-refractivity contribution in [3.8, 4) is 0 Å². The van der Waals surface area contributed by atoms with E-state index >= 15 is 0 Å². The molecule has 27 heavy (non-hydrogen) atoms. The van der Waals surface area contributed by atoms with Crippen LogP contribution in [0.15, 0.2) is 35.3 Å². The summed E-state index contributed by atoms with van der Waals surface area (Å²) < 4.78 is 8.66. The number of thiazole rings is 1. The molecule has 0 radical (unpaired) electrons. The van der Waals surface area contributed by atoms with Gasteiger partial charge in [-0.2, -0.15) is 4.99 Å². The van der Waals surface area contributed by atoms with Crippen LogP contribution < -0.4 is 4.80 Å². The lowest BCUT2D eigenvalue weighted by Gasteiger charge is -2.07. The number of carbonyl (C=O) groups is 1. The van der Waals surface area contributed by atoms with Crippen molar-refractivity contribution in [3.05, 3.63) is 61.9 Å². The number of halogens is 2. The number of rotatable bonds is 5. The van der Waals surface area contributed by atoms with Gasteiger partial charge >= 0.3 is 0 Å². The number of amides is 1. The first-order valence-corrected chi connectivity index (χ1v) is 10.2. The van der Waals surface area contributed by atoms with Crippen LogP contribution in [0.3, 0.4) is 0 Å². The van der Waals surface area contributed by atoms with E-state index in [9.17, 15) is 4.79 Å². The molecule has 4 nitrogen and oxygen atoms in total. The van der Waals surface area contributed by atoms with Crippen molar-refractivity contribution in [2.45, 2.75) is 27.3 Å². The van der Waals surface area contributed by atoms with Gasteiger partial charge in [0.25, 0.3) is 5.91 Å². The van der Waals surface area contributed by atoms with Crippen LogP contribution in [-0.4, -0.2) is 23.7 Å². The molecule has 0 aliphatic rings. The highest BCUT2D eigenvalue weighted by Crippen LogP contribution is 2.24. The number of hydrogen-bond donors (Lipinski definition) is 0. The summed E-state index contributed by atoms with van der Waals surface area (Å²) in [6.45, 7) is 7.90. The third-order valence-corrected chi connectivity index (χ3v) is 5.93. The Morgan fingerprint density at radius 2 is 2.00 bits per heavy atom. The first-order chi connectivity index (χ1) is 12.9. The summed E-state index contributed by atoms with van der Waals surface area (Å²) in [7, 11) is 0. The molecule has 0 bridgehead atoms. The monoisotopic (exact) mass is 422 g/mol. The lowest BCUT2D eigenvalue weighted by Crippen LogP contribution is -2.20. The Morgan fingerprint density at radius 3 is 2.74 bits per heavy atom. The summed E-state index contributed by atoms with van der Waals surface area (Å²) in [6, 6.07) is 9.04. The molecule has 0 unspecified atom stereocenters. The number of benzene rings is 2. The summed E-state index contributed by atoms with van der Waals surface area (Å²) in [4.78, 5) is 17.7. The van der Waals surface area contributed by atoms with Gasteiger partial charge in [-0.3, -0.25) is 4.79 Å². The van der Waals surface area contributed by atoms with E-state index in [1.807, 2.05) is 11.5 Å². The maximum atomic E-state index is 12.8. The van der Waals surface area contributed by atoms with Crippen molar-refractivity contribution in [2.75, 3.05) is 13.2 Å². The van der Waals surface area contributed by atoms with E-state index in [2.05, 4.69) is 31.0 Å². The number of fused-ring (bicyclic) bond motifs is 1. The molecule has 1 heterocycles. The van der Waals surface area contributed by atoms with E-state index in [0.29, 0.717) is 40.2 Å². The van der Waals surface area contributed by atoms with Gasteiger partial charge in [0.2, 0.25) is 0 Å². The third-order valence-electron chi connectivity index (χ3n) is 4.13. The predicted octanol–water partition coefficient (Wildman–Crippen LogP) is 5.40. The molecule has 1 amide bonds. The molecule has 3 aromatic rings. The molecule has 0 atom stereocenters. The summed E-state index contributed by atoms with van der Waals surface area (Å²) in [5.74, 6) is -0.409. The molecule has 0 saturated heterocycles. The molecule has 0 aliphatic carbocycles. The van der Waals surface area contributed by atoms with Gasteiger partial charge in [-0.1, -0.05) is 40.6 Å². The number of hydrogen-bond acceptors (Lipinski definition) is 3. The van der Waals surface area contributed by atoms with E-state index in [0.717, 1.165) is 15.8 Å². The normalized spacial score (nSPS) is 12.1. The quantitative estimate of drug-likeness (QED) is 0.516. The Balaban J connectivity index is 2.15. The fraction of sp³-hybridized carbons (Fsp3) is 0.300. The van der Waals surface area contributed by atoms with Crippen molar-refractivity contribution in [1.82, 2.24) is 4.57 Å². The zero-order chi connectivity index (χ0) is 19.6. The fourth-order valence-corrected chi connectivity index (χ4v) is 4.40. The predicted molar refractivity (Wildman–Crippen MR) is 112 cm³/mol. The second-order valence-electron chi connectivity index (χ2n) is 6.20. The first-order valence-electron chi connectivity index (χ1n) is 8.63. The third kappa shape index (κ3) is 4.43. The van der Waals surface area contributed by atoms with Crippen molar-refractivity contribution in [1.29, 1.82) is 0 Å². The molecule has 2 aromatic carbocycles. The van der Waals surface area contributed by atoms with Gasteiger partial charge < -0.3 is 9.30 Å².